The number of hydrazone groups is 1. The molecule has 1 heterocycles. The highest BCUT2D eigenvalue weighted by Crippen LogP contribution is 2.33. The summed E-state index contributed by atoms with van der Waals surface area (Å²) in [5.74, 6) is -0.107. The standard InChI is InChI=1S/C26H33FN2O/c1-4-5-9-16-29-24(21-10-7-6-8-11-21)17-23(28-29)25(30)19-26(2,3)18-20-12-14-22(27)15-13-20/h6-8,10-15,24H,4-5,9,16-19H2,1-3H3. The fourth-order valence-corrected chi connectivity index (χ4v) is 4.17. The van der Waals surface area contributed by atoms with Crippen LogP contribution in [0.15, 0.2) is 59.7 Å². The van der Waals surface area contributed by atoms with E-state index in [0.717, 1.165) is 31.4 Å². The number of ketones is 1. The summed E-state index contributed by atoms with van der Waals surface area (Å²) in [7, 11) is 0. The Morgan fingerprint density at radius 2 is 1.80 bits per heavy atom. The van der Waals surface area contributed by atoms with Gasteiger partial charge in [0.25, 0.3) is 0 Å². The van der Waals surface area contributed by atoms with E-state index in [1.807, 2.05) is 18.2 Å². The van der Waals surface area contributed by atoms with E-state index >= 15 is 0 Å². The Morgan fingerprint density at radius 1 is 1.10 bits per heavy atom. The van der Waals surface area contributed by atoms with Gasteiger partial charge in [0, 0.05) is 19.4 Å². The summed E-state index contributed by atoms with van der Waals surface area (Å²) in [6.07, 6.45) is 5.25. The van der Waals surface area contributed by atoms with E-state index in [4.69, 9.17) is 5.10 Å². The second-order valence-electron chi connectivity index (χ2n) is 9.11. The Kier molecular flexibility index (Phi) is 7.41. The zero-order valence-electron chi connectivity index (χ0n) is 18.4. The van der Waals surface area contributed by atoms with Gasteiger partial charge >= 0.3 is 0 Å². The highest BCUT2D eigenvalue weighted by Gasteiger charge is 2.33. The summed E-state index contributed by atoms with van der Waals surface area (Å²) in [5, 5.41) is 6.89. The molecule has 1 aliphatic heterocycles. The zero-order valence-corrected chi connectivity index (χ0v) is 18.4. The third-order valence-corrected chi connectivity index (χ3v) is 5.73. The molecule has 0 saturated heterocycles. The van der Waals surface area contributed by atoms with Crippen molar-refractivity contribution in [2.45, 2.75) is 65.3 Å². The molecule has 0 fully saturated rings. The summed E-state index contributed by atoms with van der Waals surface area (Å²) in [6.45, 7) is 7.26. The maximum atomic E-state index is 13.2. The second-order valence-corrected chi connectivity index (χ2v) is 9.11. The predicted molar refractivity (Wildman–Crippen MR) is 121 cm³/mol. The Bertz CT molecular complexity index is 858. The van der Waals surface area contributed by atoms with Crippen LogP contribution < -0.4 is 0 Å². The molecule has 0 bridgehead atoms. The molecule has 2 aromatic carbocycles. The highest BCUT2D eigenvalue weighted by atomic mass is 19.1. The maximum Gasteiger partial charge on any atom is 0.179 e. The number of Topliss-reactive ketones (excluding diaryl/α,β-unsaturated/α-hetero) is 1. The number of benzene rings is 2. The first-order valence-corrected chi connectivity index (χ1v) is 11.0. The minimum Gasteiger partial charge on any atom is -0.293 e. The lowest BCUT2D eigenvalue weighted by molar-refractivity contribution is -0.114. The molecule has 1 aliphatic rings. The molecule has 0 saturated carbocycles. The van der Waals surface area contributed by atoms with Crippen molar-refractivity contribution in [2.24, 2.45) is 10.5 Å². The lowest BCUT2D eigenvalue weighted by atomic mass is 9.80. The zero-order chi connectivity index (χ0) is 21.6. The van der Waals surface area contributed by atoms with Gasteiger partial charge in [0.15, 0.2) is 5.78 Å². The van der Waals surface area contributed by atoms with Crippen LogP contribution in [0.2, 0.25) is 0 Å². The van der Waals surface area contributed by atoms with E-state index in [1.54, 1.807) is 12.1 Å². The quantitative estimate of drug-likeness (QED) is 0.429. The Hall–Kier alpha value is -2.49. The molecule has 3 nitrogen and oxygen atoms in total. The van der Waals surface area contributed by atoms with Crippen LogP contribution in [0.1, 0.15) is 70.0 Å². The molecule has 0 spiro atoms. The largest absolute Gasteiger partial charge is 0.293 e. The molecular weight excluding hydrogens is 375 g/mol. The van der Waals surface area contributed by atoms with Gasteiger partial charge in [0.2, 0.25) is 0 Å². The van der Waals surface area contributed by atoms with Gasteiger partial charge in [-0.2, -0.15) is 5.10 Å². The number of carbonyl (C=O) groups excluding carboxylic acids is 1. The third-order valence-electron chi connectivity index (χ3n) is 5.73. The summed E-state index contributed by atoms with van der Waals surface area (Å²) >= 11 is 0. The number of hydrogen-bond acceptors (Lipinski definition) is 3. The van der Waals surface area contributed by atoms with E-state index in [1.165, 1.54) is 24.1 Å². The molecule has 4 heteroatoms. The van der Waals surface area contributed by atoms with Gasteiger partial charge in [-0.25, -0.2) is 4.39 Å². The minimum absolute atomic E-state index is 0.126. The second kappa shape index (κ2) is 10.0. The van der Waals surface area contributed by atoms with E-state index < -0.39 is 0 Å². The van der Waals surface area contributed by atoms with Crippen molar-refractivity contribution < 1.29 is 9.18 Å². The van der Waals surface area contributed by atoms with Crippen molar-refractivity contribution in [1.82, 2.24) is 5.01 Å². The van der Waals surface area contributed by atoms with Crippen LogP contribution >= 0.6 is 0 Å². The number of nitrogens with zero attached hydrogens (tertiary/aromatic N) is 2. The molecule has 0 aliphatic carbocycles. The number of carbonyl (C=O) groups is 1. The first-order chi connectivity index (χ1) is 14.4. The summed E-state index contributed by atoms with van der Waals surface area (Å²) in [5.41, 5.74) is 2.74. The third kappa shape index (κ3) is 6.01. The first-order valence-electron chi connectivity index (χ1n) is 11.0. The molecule has 0 radical (unpaired) electrons. The fraction of sp³-hybridized carbons (Fsp3) is 0.462. The molecular formula is C26H33FN2O. The molecule has 30 heavy (non-hydrogen) atoms. The summed E-state index contributed by atoms with van der Waals surface area (Å²) < 4.78 is 13.2. The Balaban J connectivity index is 1.68. The normalized spacial score (nSPS) is 16.6. The van der Waals surface area contributed by atoms with E-state index in [9.17, 15) is 9.18 Å². The smallest absolute Gasteiger partial charge is 0.179 e. The molecule has 2 aromatic rings. The lowest BCUT2D eigenvalue weighted by Gasteiger charge is -2.24. The Morgan fingerprint density at radius 3 is 2.47 bits per heavy atom. The van der Waals surface area contributed by atoms with E-state index in [0.29, 0.717) is 18.6 Å². The average molecular weight is 409 g/mol. The van der Waals surface area contributed by atoms with Gasteiger partial charge < -0.3 is 0 Å². The SMILES string of the molecule is CCCCCN1N=C(C(=O)CC(C)(C)Cc2ccc(F)cc2)CC1c1ccccc1. The van der Waals surface area contributed by atoms with Crippen molar-refractivity contribution >= 4 is 11.5 Å². The summed E-state index contributed by atoms with van der Waals surface area (Å²) in [6, 6.07) is 17.1. The Labute approximate surface area is 180 Å². The van der Waals surface area contributed by atoms with E-state index in [2.05, 4.69) is 37.9 Å². The maximum absolute atomic E-state index is 13.2. The van der Waals surface area contributed by atoms with E-state index in [-0.39, 0.29) is 23.1 Å². The number of rotatable bonds is 10. The van der Waals surface area contributed by atoms with Crippen molar-refractivity contribution in [1.29, 1.82) is 0 Å². The van der Waals surface area contributed by atoms with Crippen LogP contribution in [0.5, 0.6) is 0 Å². The lowest BCUT2D eigenvalue weighted by Crippen LogP contribution is -2.24. The molecule has 0 aromatic heterocycles. The number of hydrogen-bond donors (Lipinski definition) is 0. The van der Waals surface area contributed by atoms with Crippen molar-refractivity contribution in [2.75, 3.05) is 6.54 Å². The van der Waals surface area contributed by atoms with Gasteiger partial charge in [-0.3, -0.25) is 9.80 Å². The predicted octanol–water partition coefficient (Wildman–Crippen LogP) is 6.35. The van der Waals surface area contributed by atoms with Gasteiger partial charge in [-0.05, 0) is 41.5 Å². The van der Waals surface area contributed by atoms with Crippen molar-refractivity contribution in [3.8, 4) is 0 Å². The van der Waals surface area contributed by atoms with Crippen LogP contribution in [0.3, 0.4) is 0 Å². The summed E-state index contributed by atoms with van der Waals surface area (Å²) in [4.78, 5) is 13.1. The molecule has 0 amide bonds. The van der Waals surface area contributed by atoms with Gasteiger partial charge in [0.05, 0.1) is 6.04 Å². The van der Waals surface area contributed by atoms with Gasteiger partial charge in [-0.15, -0.1) is 0 Å². The first kappa shape index (κ1) is 22.2. The van der Waals surface area contributed by atoms with Crippen LogP contribution in [-0.4, -0.2) is 23.0 Å². The molecule has 160 valence electrons. The molecule has 0 N–H and O–H groups in total. The van der Waals surface area contributed by atoms with Crippen molar-refractivity contribution in [3.05, 3.63) is 71.5 Å². The monoisotopic (exact) mass is 408 g/mol. The average Bonchev–Trinajstić information content (AvgIpc) is 3.14. The topological polar surface area (TPSA) is 32.7 Å². The minimum atomic E-state index is -0.233. The van der Waals surface area contributed by atoms with Crippen LogP contribution in [0.4, 0.5) is 4.39 Å². The number of unbranched alkanes of at least 4 members (excludes halogenated alkanes) is 2. The van der Waals surface area contributed by atoms with Gasteiger partial charge in [0.1, 0.15) is 11.5 Å². The van der Waals surface area contributed by atoms with Crippen LogP contribution in [0, 0.1) is 11.2 Å². The molecule has 1 unspecified atom stereocenters. The fourth-order valence-electron chi connectivity index (χ4n) is 4.17. The van der Waals surface area contributed by atoms with Crippen molar-refractivity contribution in [3.63, 3.8) is 0 Å². The molecule has 1 atom stereocenters. The molecule has 3 rings (SSSR count). The van der Waals surface area contributed by atoms with Gasteiger partial charge in [-0.1, -0.05) is 76.1 Å². The number of halogens is 1. The van der Waals surface area contributed by atoms with Crippen LogP contribution in [0.25, 0.3) is 0 Å². The highest BCUT2D eigenvalue weighted by molar-refractivity contribution is 6.40. The van der Waals surface area contributed by atoms with Crippen LogP contribution in [-0.2, 0) is 11.2 Å².